The van der Waals surface area contributed by atoms with E-state index in [-0.39, 0.29) is 23.8 Å². The Balaban J connectivity index is 2.43. The smallest absolute Gasteiger partial charge is 0.242 e. The number of nitrogens with two attached hydrogens (primary N) is 1. The molecule has 1 aliphatic carbocycles. The van der Waals surface area contributed by atoms with Crippen molar-refractivity contribution >= 4 is 11.8 Å². The molecular formula is C14H27N3O2. The number of hydrogen-bond acceptors (Lipinski definition) is 3. The summed E-state index contributed by atoms with van der Waals surface area (Å²) in [5, 5.41) is 5.57. The lowest BCUT2D eigenvalue weighted by molar-refractivity contribution is -0.131. The third-order valence-corrected chi connectivity index (χ3v) is 3.65. The molecule has 0 aromatic carbocycles. The van der Waals surface area contributed by atoms with Crippen LogP contribution in [0.3, 0.4) is 0 Å². The molecule has 0 aliphatic heterocycles. The van der Waals surface area contributed by atoms with Crippen LogP contribution in [0.25, 0.3) is 0 Å². The van der Waals surface area contributed by atoms with Gasteiger partial charge in [-0.1, -0.05) is 13.8 Å². The van der Waals surface area contributed by atoms with Crippen LogP contribution in [-0.4, -0.2) is 30.4 Å². The normalized spacial score (nSPS) is 28.5. The van der Waals surface area contributed by atoms with E-state index in [1.807, 2.05) is 6.92 Å². The Morgan fingerprint density at radius 2 is 2.00 bits per heavy atom. The molecule has 0 saturated heterocycles. The minimum absolute atomic E-state index is 0.0406. The Bertz CT molecular complexity index is 310. The summed E-state index contributed by atoms with van der Waals surface area (Å²) >= 11 is 0. The molecule has 1 rings (SSSR count). The van der Waals surface area contributed by atoms with Crippen molar-refractivity contribution in [2.24, 2.45) is 17.6 Å². The predicted octanol–water partition coefficient (Wildman–Crippen LogP) is 0.781. The summed E-state index contributed by atoms with van der Waals surface area (Å²) in [7, 11) is 0. The van der Waals surface area contributed by atoms with E-state index >= 15 is 0 Å². The van der Waals surface area contributed by atoms with Crippen molar-refractivity contribution in [2.75, 3.05) is 6.54 Å². The molecule has 0 heterocycles. The monoisotopic (exact) mass is 269 g/mol. The zero-order valence-electron chi connectivity index (χ0n) is 12.2. The zero-order chi connectivity index (χ0) is 14.4. The summed E-state index contributed by atoms with van der Waals surface area (Å²) < 4.78 is 0. The van der Waals surface area contributed by atoms with Crippen LogP contribution in [0, 0.1) is 11.8 Å². The molecule has 110 valence electrons. The highest BCUT2D eigenvalue weighted by Crippen LogP contribution is 2.28. The second kappa shape index (κ2) is 7.48. The molecule has 4 N–H and O–H groups in total. The first kappa shape index (κ1) is 16.0. The van der Waals surface area contributed by atoms with Crippen molar-refractivity contribution in [3.05, 3.63) is 0 Å². The summed E-state index contributed by atoms with van der Waals surface area (Å²) in [5.74, 6) is 0.258. The van der Waals surface area contributed by atoms with Gasteiger partial charge >= 0.3 is 0 Å². The molecule has 0 bridgehead atoms. The van der Waals surface area contributed by atoms with Gasteiger partial charge in [0.25, 0.3) is 0 Å². The van der Waals surface area contributed by atoms with Gasteiger partial charge in [0, 0.05) is 18.5 Å². The lowest BCUT2D eigenvalue weighted by Crippen LogP contribution is -2.48. The lowest BCUT2D eigenvalue weighted by atomic mass is 9.79. The average Bonchev–Trinajstić information content (AvgIpc) is 2.34. The molecule has 0 aromatic heterocycles. The summed E-state index contributed by atoms with van der Waals surface area (Å²) in [4.78, 5) is 23.8. The van der Waals surface area contributed by atoms with Crippen molar-refractivity contribution in [2.45, 2.75) is 58.5 Å². The number of amides is 2. The molecule has 5 nitrogen and oxygen atoms in total. The molecule has 4 unspecified atom stereocenters. The minimum Gasteiger partial charge on any atom is -0.354 e. The Kier molecular flexibility index (Phi) is 6.28. The van der Waals surface area contributed by atoms with Gasteiger partial charge in [0.1, 0.15) is 6.04 Å². The molecule has 1 saturated carbocycles. The molecule has 0 radical (unpaired) electrons. The van der Waals surface area contributed by atoms with E-state index in [0.29, 0.717) is 12.5 Å². The van der Waals surface area contributed by atoms with Crippen LogP contribution in [0.2, 0.25) is 0 Å². The SMILES string of the molecule is CCCNC(=O)C(C)NC(=O)C1CC(C)CC(N)C1. The standard InChI is InChI=1S/C14H27N3O2/c1-4-5-16-13(18)10(3)17-14(19)11-6-9(2)7-12(15)8-11/h9-12H,4-8,15H2,1-3H3,(H,16,18)(H,17,19). The van der Waals surface area contributed by atoms with Gasteiger partial charge in [-0.15, -0.1) is 0 Å². The molecule has 5 heteroatoms. The fourth-order valence-electron chi connectivity index (χ4n) is 2.67. The fourth-order valence-corrected chi connectivity index (χ4v) is 2.67. The summed E-state index contributed by atoms with van der Waals surface area (Å²) in [6.45, 7) is 6.48. The van der Waals surface area contributed by atoms with Gasteiger partial charge in [-0.05, 0) is 38.5 Å². The van der Waals surface area contributed by atoms with E-state index in [9.17, 15) is 9.59 Å². The Hall–Kier alpha value is -1.10. The van der Waals surface area contributed by atoms with Crippen molar-refractivity contribution in [1.82, 2.24) is 10.6 Å². The van der Waals surface area contributed by atoms with Crippen LogP contribution in [0.1, 0.15) is 46.5 Å². The zero-order valence-corrected chi connectivity index (χ0v) is 12.2. The second-order valence-electron chi connectivity index (χ2n) is 5.79. The number of carbonyl (C=O) groups is 2. The van der Waals surface area contributed by atoms with Crippen molar-refractivity contribution in [3.8, 4) is 0 Å². The van der Waals surface area contributed by atoms with E-state index < -0.39 is 6.04 Å². The Morgan fingerprint density at radius 3 is 2.58 bits per heavy atom. The molecule has 0 spiro atoms. The van der Waals surface area contributed by atoms with Crippen LogP contribution in [0.4, 0.5) is 0 Å². The minimum atomic E-state index is -0.479. The third kappa shape index (κ3) is 5.19. The molecule has 2 amide bonds. The van der Waals surface area contributed by atoms with E-state index in [2.05, 4.69) is 17.6 Å². The maximum absolute atomic E-state index is 12.1. The molecule has 1 fully saturated rings. The van der Waals surface area contributed by atoms with Crippen LogP contribution in [0.5, 0.6) is 0 Å². The van der Waals surface area contributed by atoms with Crippen molar-refractivity contribution < 1.29 is 9.59 Å². The largest absolute Gasteiger partial charge is 0.354 e. The van der Waals surface area contributed by atoms with Gasteiger partial charge in [0.2, 0.25) is 11.8 Å². The number of hydrogen-bond donors (Lipinski definition) is 3. The van der Waals surface area contributed by atoms with E-state index in [0.717, 1.165) is 25.7 Å². The van der Waals surface area contributed by atoms with E-state index in [1.54, 1.807) is 6.92 Å². The lowest BCUT2D eigenvalue weighted by Gasteiger charge is -2.31. The molecule has 0 aromatic rings. The Labute approximate surface area is 115 Å². The quantitative estimate of drug-likeness (QED) is 0.689. The van der Waals surface area contributed by atoms with Gasteiger partial charge < -0.3 is 16.4 Å². The predicted molar refractivity (Wildman–Crippen MR) is 75.4 cm³/mol. The van der Waals surface area contributed by atoms with E-state index in [1.165, 1.54) is 0 Å². The summed E-state index contributed by atoms with van der Waals surface area (Å²) in [5.41, 5.74) is 5.95. The summed E-state index contributed by atoms with van der Waals surface area (Å²) in [6, 6.07) is -0.378. The van der Waals surface area contributed by atoms with Crippen LogP contribution in [0.15, 0.2) is 0 Å². The first-order valence-electron chi connectivity index (χ1n) is 7.27. The Morgan fingerprint density at radius 1 is 1.32 bits per heavy atom. The van der Waals surface area contributed by atoms with Gasteiger partial charge in [-0.3, -0.25) is 9.59 Å². The number of rotatable bonds is 5. The van der Waals surface area contributed by atoms with Gasteiger partial charge in [0.15, 0.2) is 0 Å². The van der Waals surface area contributed by atoms with Crippen molar-refractivity contribution in [3.63, 3.8) is 0 Å². The van der Waals surface area contributed by atoms with E-state index in [4.69, 9.17) is 5.73 Å². The van der Waals surface area contributed by atoms with Crippen LogP contribution in [-0.2, 0) is 9.59 Å². The molecule has 19 heavy (non-hydrogen) atoms. The maximum atomic E-state index is 12.1. The first-order valence-corrected chi connectivity index (χ1v) is 7.27. The highest BCUT2D eigenvalue weighted by Gasteiger charge is 2.30. The van der Waals surface area contributed by atoms with Gasteiger partial charge in [-0.2, -0.15) is 0 Å². The van der Waals surface area contributed by atoms with Crippen LogP contribution >= 0.6 is 0 Å². The molecule has 1 aliphatic rings. The summed E-state index contributed by atoms with van der Waals surface area (Å²) in [6.07, 6.45) is 3.46. The van der Waals surface area contributed by atoms with Gasteiger partial charge in [-0.25, -0.2) is 0 Å². The average molecular weight is 269 g/mol. The molecule has 4 atom stereocenters. The maximum Gasteiger partial charge on any atom is 0.242 e. The molecular weight excluding hydrogens is 242 g/mol. The fraction of sp³-hybridized carbons (Fsp3) is 0.857. The number of nitrogens with one attached hydrogen (secondary N) is 2. The topological polar surface area (TPSA) is 84.2 Å². The van der Waals surface area contributed by atoms with Gasteiger partial charge in [0.05, 0.1) is 0 Å². The first-order chi connectivity index (χ1) is 8.93. The van der Waals surface area contributed by atoms with Crippen molar-refractivity contribution in [1.29, 1.82) is 0 Å². The highest BCUT2D eigenvalue weighted by molar-refractivity contribution is 5.88. The van der Waals surface area contributed by atoms with Crippen LogP contribution < -0.4 is 16.4 Å². The highest BCUT2D eigenvalue weighted by atomic mass is 16.2. The number of carbonyl (C=O) groups excluding carboxylic acids is 2. The second-order valence-corrected chi connectivity index (χ2v) is 5.79. The third-order valence-electron chi connectivity index (χ3n) is 3.65.